The summed E-state index contributed by atoms with van der Waals surface area (Å²) >= 11 is 3.22. The van der Waals surface area contributed by atoms with Crippen LogP contribution in [0.25, 0.3) is 0 Å². The van der Waals surface area contributed by atoms with Crippen molar-refractivity contribution in [2.45, 2.75) is 45.8 Å². The number of nitrogens with one attached hydrogen (secondary N) is 2. The molecule has 6 nitrogen and oxygen atoms in total. The van der Waals surface area contributed by atoms with Crippen molar-refractivity contribution in [2.75, 3.05) is 5.33 Å². The summed E-state index contributed by atoms with van der Waals surface area (Å²) in [6, 6.07) is 0. The van der Waals surface area contributed by atoms with E-state index >= 15 is 0 Å². The van der Waals surface area contributed by atoms with Gasteiger partial charge in [0.15, 0.2) is 0 Å². The molecule has 0 rings (SSSR count). The van der Waals surface area contributed by atoms with E-state index in [1.54, 1.807) is 25.5 Å². The van der Waals surface area contributed by atoms with Crippen LogP contribution in [0.1, 0.15) is 34.1 Å². The van der Waals surface area contributed by atoms with Crippen LogP contribution in [0.3, 0.4) is 0 Å². The van der Waals surface area contributed by atoms with Gasteiger partial charge in [0.1, 0.15) is 0 Å². The van der Waals surface area contributed by atoms with Gasteiger partial charge in [0, 0.05) is 10.9 Å². The van der Waals surface area contributed by atoms with Gasteiger partial charge in [-0.3, -0.25) is 0 Å². The Balaban J connectivity index is 4.55. The van der Waals surface area contributed by atoms with E-state index in [0.717, 1.165) is 0 Å². The van der Waals surface area contributed by atoms with Crippen LogP contribution in [-0.4, -0.2) is 31.5 Å². The molecule has 17 heavy (non-hydrogen) atoms. The van der Waals surface area contributed by atoms with Gasteiger partial charge in [-0.1, -0.05) is 22.9 Å². The van der Waals surface area contributed by atoms with Crippen LogP contribution in [0.5, 0.6) is 0 Å². The molecule has 1 unspecified atom stereocenters. The monoisotopic (exact) mass is 330 g/mol. The highest BCUT2D eigenvalue weighted by Gasteiger charge is 2.28. The number of carbonyl (C=O) groups is 1. The Morgan fingerprint density at radius 2 is 2.00 bits per heavy atom. The molecule has 0 aliphatic heterocycles. The van der Waals surface area contributed by atoms with Crippen molar-refractivity contribution in [1.29, 1.82) is 0 Å². The average molecular weight is 331 g/mol. The summed E-state index contributed by atoms with van der Waals surface area (Å²) in [6.45, 7) is 6.84. The summed E-state index contributed by atoms with van der Waals surface area (Å²) in [5.74, 6) is 0. The van der Waals surface area contributed by atoms with Crippen LogP contribution >= 0.6 is 15.9 Å². The fourth-order valence-electron chi connectivity index (χ4n) is 0.892. The van der Waals surface area contributed by atoms with Gasteiger partial charge < -0.3 is 4.74 Å². The summed E-state index contributed by atoms with van der Waals surface area (Å²) < 4.78 is 32.1. The third-order valence-corrected chi connectivity index (χ3v) is 4.45. The van der Waals surface area contributed by atoms with Crippen molar-refractivity contribution in [3.05, 3.63) is 0 Å². The third-order valence-electron chi connectivity index (χ3n) is 2.02. The van der Waals surface area contributed by atoms with Crippen LogP contribution in [0.2, 0.25) is 0 Å². The number of halogens is 1. The first-order valence-electron chi connectivity index (χ1n) is 5.22. The molecule has 8 heteroatoms. The summed E-state index contributed by atoms with van der Waals surface area (Å²) in [5.41, 5.74) is -0.649. The summed E-state index contributed by atoms with van der Waals surface area (Å²) in [7, 11) is -3.91. The van der Waals surface area contributed by atoms with Crippen LogP contribution < -0.4 is 9.44 Å². The summed E-state index contributed by atoms with van der Waals surface area (Å²) in [4.78, 5) is 11.2. The molecular formula is C9H19BrN2O4S. The molecule has 0 aromatic carbocycles. The van der Waals surface area contributed by atoms with E-state index in [1.165, 1.54) is 0 Å². The molecule has 0 saturated heterocycles. The van der Waals surface area contributed by atoms with Gasteiger partial charge in [0.05, 0.1) is 6.10 Å². The molecule has 0 bridgehead atoms. The highest BCUT2D eigenvalue weighted by Crippen LogP contribution is 2.13. The zero-order valence-electron chi connectivity index (χ0n) is 10.4. The van der Waals surface area contributed by atoms with Gasteiger partial charge in [0.2, 0.25) is 0 Å². The van der Waals surface area contributed by atoms with E-state index in [1.807, 2.05) is 6.92 Å². The lowest BCUT2D eigenvalue weighted by Crippen LogP contribution is -2.52. The highest BCUT2D eigenvalue weighted by atomic mass is 79.9. The second-order valence-corrected chi connectivity index (χ2v) is 6.19. The molecule has 0 saturated carbocycles. The standard InChI is InChI=1S/C9H19BrN2O4S/c1-5-9(4,6-10)12-17(14,15)11-8(13)16-7(2)3/h7,12H,5-6H2,1-4H3,(H,11,13). The molecule has 0 spiro atoms. The molecule has 0 radical (unpaired) electrons. The second kappa shape index (κ2) is 6.55. The van der Waals surface area contributed by atoms with Crippen LogP contribution in [-0.2, 0) is 14.9 Å². The minimum Gasteiger partial charge on any atom is -0.446 e. The Hall–Kier alpha value is -0.340. The maximum atomic E-state index is 11.6. The number of hydrogen-bond donors (Lipinski definition) is 2. The van der Waals surface area contributed by atoms with E-state index in [4.69, 9.17) is 0 Å². The first-order chi connectivity index (χ1) is 7.64. The lowest BCUT2D eigenvalue weighted by molar-refractivity contribution is 0.121. The SMILES string of the molecule is CCC(C)(CBr)NS(=O)(=O)NC(=O)OC(C)C. The zero-order chi connectivity index (χ0) is 13.7. The molecule has 0 fully saturated rings. The quantitative estimate of drug-likeness (QED) is 0.723. The van der Waals surface area contributed by atoms with Crippen molar-refractivity contribution >= 4 is 32.2 Å². The maximum absolute atomic E-state index is 11.6. The van der Waals surface area contributed by atoms with Crippen molar-refractivity contribution in [3.63, 3.8) is 0 Å². The number of alkyl halides is 1. The summed E-state index contributed by atoms with van der Waals surface area (Å²) in [5, 5.41) is 0.441. The lowest BCUT2D eigenvalue weighted by atomic mass is 10.0. The van der Waals surface area contributed by atoms with Gasteiger partial charge >= 0.3 is 16.3 Å². The number of hydrogen-bond acceptors (Lipinski definition) is 4. The van der Waals surface area contributed by atoms with E-state index in [-0.39, 0.29) is 6.10 Å². The predicted molar refractivity (Wildman–Crippen MR) is 69.3 cm³/mol. The molecule has 0 aliphatic rings. The topological polar surface area (TPSA) is 84.5 Å². The Morgan fingerprint density at radius 3 is 2.35 bits per heavy atom. The van der Waals surface area contributed by atoms with E-state index in [9.17, 15) is 13.2 Å². The van der Waals surface area contributed by atoms with Crippen LogP contribution in [0.15, 0.2) is 0 Å². The van der Waals surface area contributed by atoms with Crippen LogP contribution in [0.4, 0.5) is 4.79 Å². The zero-order valence-corrected chi connectivity index (χ0v) is 12.8. The second-order valence-electron chi connectivity index (χ2n) is 4.21. The minimum atomic E-state index is -3.91. The largest absolute Gasteiger partial charge is 0.446 e. The van der Waals surface area contributed by atoms with Crippen molar-refractivity contribution < 1.29 is 17.9 Å². The normalized spacial score (nSPS) is 15.4. The molecule has 0 aromatic rings. The number of ether oxygens (including phenoxy) is 1. The van der Waals surface area contributed by atoms with Gasteiger partial charge in [-0.25, -0.2) is 9.52 Å². The number of carbonyl (C=O) groups excluding carboxylic acids is 1. The summed E-state index contributed by atoms with van der Waals surface area (Å²) in [6.07, 6.45) is -0.780. The van der Waals surface area contributed by atoms with Gasteiger partial charge in [0.25, 0.3) is 0 Å². The first kappa shape index (κ1) is 16.7. The van der Waals surface area contributed by atoms with Crippen molar-refractivity contribution in [1.82, 2.24) is 9.44 Å². The minimum absolute atomic E-state index is 0.376. The molecule has 2 N–H and O–H groups in total. The van der Waals surface area contributed by atoms with E-state index in [0.29, 0.717) is 11.8 Å². The highest BCUT2D eigenvalue weighted by molar-refractivity contribution is 9.09. The smallest absolute Gasteiger partial charge is 0.422 e. The molecular weight excluding hydrogens is 312 g/mol. The van der Waals surface area contributed by atoms with Gasteiger partial charge in [-0.2, -0.15) is 13.1 Å². The molecule has 0 aromatic heterocycles. The van der Waals surface area contributed by atoms with E-state index < -0.39 is 21.8 Å². The van der Waals surface area contributed by atoms with Crippen molar-refractivity contribution in [2.24, 2.45) is 0 Å². The predicted octanol–water partition coefficient (Wildman–Crippen LogP) is 1.52. The Bertz CT molecular complexity index is 352. The van der Waals surface area contributed by atoms with Crippen LogP contribution in [0, 0.1) is 0 Å². The molecule has 0 aliphatic carbocycles. The van der Waals surface area contributed by atoms with Crippen molar-refractivity contribution in [3.8, 4) is 0 Å². The lowest BCUT2D eigenvalue weighted by Gasteiger charge is -2.26. The molecule has 0 heterocycles. The third kappa shape index (κ3) is 6.85. The Morgan fingerprint density at radius 1 is 1.47 bits per heavy atom. The molecule has 1 amide bonds. The van der Waals surface area contributed by atoms with Gasteiger partial charge in [-0.05, 0) is 27.2 Å². The molecule has 102 valence electrons. The average Bonchev–Trinajstić information content (AvgIpc) is 2.14. The fraction of sp³-hybridized carbons (Fsp3) is 0.889. The number of rotatable bonds is 6. The number of amides is 1. The van der Waals surface area contributed by atoms with E-state index in [2.05, 4.69) is 25.4 Å². The first-order valence-corrected chi connectivity index (χ1v) is 7.83. The van der Waals surface area contributed by atoms with Gasteiger partial charge in [-0.15, -0.1) is 0 Å². The Labute approximate surface area is 111 Å². The maximum Gasteiger partial charge on any atom is 0.422 e. The Kier molecular flexibility index (Phi) is 6.42. The molecule has 1 atom stereocenters. The fourth-order valence-corrected chi connectivity index (χ4v) is 2.80.